The second-order valence-electron chi connectivity index (χ2n) is 4.83. The van der Waals surface area contributed by atoms with E-state index < -0.39 is 0 Å². The number of nitrogens with one attached hydrogen (secondary N) is 1. The molecule has 106 valence electrons. The van der Waals surface area contributed by atoms with E-state index in [4.69, 9.17) is 11.6 Å². The summed E-state index contributed by atoms with van der Waals surface area (Å²) < 4.78 is 1.90. The van der Waals surface area contributed by atoms with E-state index in [-0.39, 0.29) is 0 Å². The molecule has 0 fully saturated rings. The number of benzene rings is 2. The zero-order valence-corrected chi connectivity index (χ0v) is 12.4. The van der Waals surface area contributed by atoms with Gasteiger partial charge >= 0.3 is 0 Å². The van der Waals surface area contributed by atoms with Gasteiger partial charge in [-0.2, -0.15) is 0 Å². The first-order valence-corrected chi connectivity index (χ1v) is 7.03. The Hall–Kier alpha value is -2.33. The Kier molecular flexibility index (Phi) is 3.88. The number of hydrogen-bond acceptors (Lipinski definition) is 3. The van der Waals surface area contributed by atoms with Gasteiger partial charge in [0.15, 0.2) is 5.82 Å². The molecule has 0 aliphatic rings. The molecule has 0 saturated carbocycles. The summed E-state index contributed by atoms with van der Waals surface area (Å²) in [5.74, 6) is 0.858. The van der Waals surface area contributed by atoms with Gasteiger partial charge in [-0.25, -0.2) is 0 Å². The summed E-state index contributed by atoms with van der Waals surface area (Å²) >= 11 is 5.98. The van der Waals surface area contributed by atoms with Gasteiger partial charge in [-0.05, 0) is 42.0 Å². The van der Waals surface area contributed by atoms with E-state index in [1.54, 1.807) is 6.33 Å². The Balaban J connectivity index is 1.69. The molecular weight excluding hydrogens is 284 g/mol. The summed E-state index contributed by atoms with van der Waals surface area (Å²) in [5.41, 5.74) is 3.25. The van der Waals surface area contributed by atoms with E-state index in [9.17, 15) is 0 Å². The molecule has 0 spiro atoms. The predicted octanol–water partition coefficient (Wildman–Crippen LogP) is 3.75. The summed E-state index contributed by atoms with van der Waals surface area (Å²) in [5, 5.41) is 12.1. The Morgan fingerprint density at radius 3 is 2.62 bits per heavy atom. The van der Waals surface area contributed by atoms with E-state index in [1.807, 2.05) is 60.1 Å². The normalized spacial score (nSPS) is 10.6. The smallest absolute Gasteiger partial charge is 0.163 e. The van der Waals surface area contributed by atoms with Crippen LogP contribution in [0, 0.1) is 0 Å². The second kappa shape index (κ2) is 5.97. The van der Waals surface area contributed by atoms with Crippen LogP contribution in [0.4, 0.5) is 5.69 Å². The molecule has 0 amide bonds. The van der Waals surface area contributed by atoms with Crippen LogP contribution < -0.4 is 5.32 Å². The van der Waals surface area contributed by atoms with Crippen LogP contribution >= 0.6 is 11.6 Å². The molecule has 21 heavy (non-hydrogen) atoms. The SMILES string of the molecule is Cn1cnnc1-c1ccc(NCc2cccc(Cl)c2)cc1. The number of hydrogen-bond donors (Lipinski definition) is 1. The lowest BCUT2D eigenvalue weighted by Crippen LogP contribution is -1.99. The molecule has 0 unspecified atom stereocenters. The van der Waals surface area contributed by atoms with Crippen molar-refractivity contribution in [2.45, 2.75) is 6.54 Å². The van der Waals surface area contributed by atoms with E-state index in [0.29, 0.717) is 0 Å². The summed E-state index contributed by atoms with van der Waals surface area (Å²) in [7, 11) is 1.93. The van der Waals surface area contributed by atoms with Gasteiger partial charge in [0.2, 0.25) is 0 Å². The molecule has 0 aliphatic carbocycles. The molecule has 0 aliphatic heterocycles. The second-order valence-corrected chi connectivity index (χ2v) is 5.26. The van der Waals surface area contributed by atoms with E-state index in [1.165, 1.54) is 0 Å². The molecule has 2 aromatic carbocycles. The largest absolute Gasteiger partial charge is 0.381 e. The first-order chi connectivity index (χ1) is 10.2. The van der Waals surface area contributed by atoms with Gasteiger partial charge in [0.25, 0.3) is 0 Å². The van der Waals surface area contributed by atoms with Gasteiger partial charge in [-0.1, -0.05) is 23.7 Å². The third-order valence-corrected chi connectivity index (χ3v) is 3.48. The number of aryl methyl sites for hydroxylation is 1. The van der Waals surface area contributed by atoms with Crippen LogP contribution in [0.3, 0.4) is 0 Å². The molecule has 3 aromatic rings. The monoisotopic (exact) mass is 298 g/mol. The highest BCUT2D eigenvalue weighted by molar-refractivity contribution is 6.30. The van der Waals surface area contributed by atoms with Crippen molar-refractivity contribution in [1.82, 2.24) is 14.8 Å². The standard InChI is InChI=1S/C16H15ClN4/c1-21-11-19-20-16(21)13-5-7-15(8-6-13)18-10-12-3-2-4-14(17)9-12/h2-9,11,18H,10H2,1H3. The van der Waals surface area contributed by atoms with E-state index >= 15 is 0 Å². The Morgan fingerprint density at radius 2 is 1.95 bits per heavy atom. The lowest BCUT2D eigenvalue weighted by atomic mass is 10.2. The number of rotatable bonds is 4. The Bertz CT molecular complexity index is 734. The molecule has 1 heterocycles. The van der Waals surface area contributed by atoms with Crippen LogP contribution in [0.15, 0.2) is 54.9 Å². The molecule has 0 atom stereocenters. The molecule has 5 heteroatoms. The fraction of sp³-hybridized carbons (Fsp3) is 0.125. The van der Waals surface area contributed by atoms with Crippen LogP contribution in [-0.2, 0) is 13.6 Å². The van der Waals surface area contributed by atoms with Crippen LogP contribution in [0.1, 0.15) is 5.56 Å². The van der Waals surface area contributed by atoms with E-state index in [2.05, 4.69) is 15.5 Å². The average Bonchev–Trinajstić information content (AvgIpc) is 2.92. The fourth-order valence-corrected chi connectivity index (χ4v) is 2.35. The van der Waals surface area contributed by atoms with Crippen molar-refractivity contribution < 1.29 is 0 Å². The van der Waals surface area contributed by atoms with Gasteiger partial charge < -0.3 is 9.88 Å². The summed E-state index contributed by atoms with van der Waals surface area (Å²) in [6.45, 7) is 0.740. The van der Waals surface area contributed by atoms with Gasteiger partial charge in [0.05, 0.1) is 0 Å². The molecular formula is C16H15ClN4. The molecule has 4 nitrogen and oxygen atoms in total. The fourth-order valence-electron chi connectivity index (χ4n) is 2.13. The van der Waals surface area contributed by atoms with Crippen molar-refractivity contribution in [2.75, 3.05) is 5.32 Å². The highest BCUT2D eigenvalue weighted by Gasteiger charge is 2.04. The lowest BCUT2D eigenvalue weighted by Gasteiger charge is -2.08. The van der Waals surface area contributed by atoms with Gasteiger partial charge in [0, 0.05) is 29.9 Å². The highest BCUT2D eigenvalue weighted by atomic mass is 35.5. The molecule has 0 saturated heterocycles. The minimum Gasteiger partial charge on any atom is -0.381 e. The number of halogens is 1. The van der Waals surface area contributed by atoms with Gasteiger partial charge in [0.1, 0.15) is 6.33 Å². The van der Waals surface area contributed by atoms with Gasteiger partial charge in [-0.3, -0.25) is 0 Å². The quantitative estimate of drug-likeness (QED) is 0.798. The molecule has 1 N–H and O–H groups in total. The maximum absolute atomic E-state index is 5.98. The first kappa shape index (κ1) is 13.6. The molecule has 3 rings (SSSR count). The van der Waals surface area contributed by atoms with Crippen molar-refractivity contribution in [1.29, 1.82) is 0 Å². The minimum absolute atomic E-state index is 0.740. The minimum atomic E-state index is 0.740. The Labute approximate surface area is 128 Å². The highest BCUT2D eigenvalue weighted by Crippen LogP contribution is 2.19. The maximum Gasteiger partial charge on any atom is 0.163 e. The third kappa shape index (κ3) is 3.23. The van der Waals surface area contributed by atoms with Crippen LogP contribution in [-0.4, -0.2) is 14.8 Å². The van der Waals surface area contributed by atoms with Crippen molar-refractivity contribution in [3.8, 4) is 11.4 Å². The zero-order chi connectivity index (χ0) is 14.7. The maximum atomic E-state index is 5.98. The van der Waals surface area contributed by atoms with Crippen molar-refractivity contribution in [3.05, 3.63) is 65.4 Å². The van der Waals surface area contributed by atoms with Crippen molar-refractivity contribution >= 4 is 17.3 Å². The number of nitrogens with zero attached hydrogens (tertiary/aromatic N) is 3. The third-order valence-electron chi connectivity index (χ3n) is 3.24. The van der Waals surface area contributed by atoms with Crippen LogP contribution in [0.5, 0.6) is 0 Å². The van der Waals surface area contributed by atoms with Crippen molar-refractivity contribution in [3.63, 3.8) is 0 Å². The zero-order valence-electron chi connectivity index (χ0n) is 11.6. The van der Waals surface area contributed by atoms with E-state index in [0.717, 1.165) is 34.2 Å². The predicted molar refractivity (Wildman–Crippen MR) is 85.2 cm³/mol. The lowest BCUT2D eigenvalue weighted by molar-refractivity contribution is 0.920. The van der Waals surface area contributed by atoms with Gasteiger partial charge in [-0.15, -0.1) is 10.2 Å². The summed E-state index contributed by atoms with van der Waals surface area (Å²) in [4.78, 5) is 0. The molecule has 0 radical (unpaired) electrons. The van der Waals surface area contributed by atoms with Crippen LogP contribution in [0.25, 0.3) is 11.4 Å². The molecule has 1 aromatic heterocycles. The number of anilines is 1. The topological polar surface area (TPSA) is 42.7 Å². The first-order valence-electron chi connectivity index (χ1n) is 6.65. The summed E-state index contributed by atoms with van der Waals surface area (Å²) in [6, 6.07) is 16.0. The average molecular weight is 299 g/mol. The molecule has 0 bridgehead atoms. The van der Waals surface area contributed by atoms with Crippen molar-refractivity contribution in [2.24, 2.45) is 7.05 Å². The van der Waals surface area contributed by atoms with Crippen LogP contribution in [0.2, 0.25) is 5.02 Å². The Morgan fingerprint density at radius 1 is 1.14 bits per heavy atom. The summed E-state index contributed by atoms with van der Waals surface area (Å²) in [6.07, 6.45) is 1.70. The number of aromatic nitrogens is 3.